The zero-order chi connectivity index (χ0) is 19.9. The summed E-state index contributed by atoms with van der Waals surface area (Å²) in [6.45, 7) is 0. The van der Waals surface area contributed by atoms with Crippen LogP contribution >= 0.6 is 11.6 Å². The van der Waals surface area contributed by atoms with Crippen LogP contribution < -0.4 is 15.5 Å². The Morgan fingerprint density at radius 3 is 2.57 bits per heavy atom. The van der Waals surface area contributed by atoms with Crippen molar-refractivity contribution in [2.24, 2.45) is 5.10 Å². The number of nitrogens with one attached hydrogen (secondary N) is 2. The number of carbonyl (C=O) groups excluding carboxylic acids is 1. The summed E-state index contributed by atoms with van der Waals surface area (Å²) in [4.78, 5) is 12.6. The molecule has 3 aromatic rings. The molecule has 0 heterocycles. The van der Waals surface area contributed by atoms with Crippen LogP contribution in [0.15, 0.2) is 71.8 Å². The Labute approximate surface area is 167 Å². The Kier molecular flexibility index (Phi) is 6.14. The molecule has 6 nitrogen and oxygen atoms in total. The van der Waals surface area contributed by atoms with E-state index in [0.717, 1.165) is 5.56 Å². The quantitative estimate of drug-likeness (QED) is 0.422. The predicted molar refractivity (Wildman–Crippen MR) is 111 cm³/mol. The monoisotopic (exact) mass is 395 g/mol. The first kappa shape index (κ1) is 19.3. The Morgan fingerprint density at radius 1 is 1.07 bits per heavy atom. The number of nitrogens with zero attached hydrogens (tertiary/aromatic N) is 1. The van der Waals surface area contributed by atoms with Gasteiger partial charge >= 0.3 is 0 Å². The second-order valence-electron chi connectivity index (χ2n) is 5.81. The third kappa shape index (κ3) is 4.81. The summed E-state index contributed by atoms with van der Waals surface area (Å²) < 4.78 is 5.33. The summed E-state index contributed by atoms with van der Waals surface area (Å²) >= 11 is 6.11. The van der Waals surface area contributed by atoms with Crippen LogP contribution in [0.3, 0.4) is 0 Å². The van der Waals surface area contributed by atoms with Crippen LogP contribution in [0.1, 0.15) is 15.9 Å². The molecular weight excluding hydrogens is 378 g/mol. The van der Waals surface area contributed by atoms with E-state index in [1.54, 1.807) is 37.4 Å². The Bertz CT molecular complexity index is 1000. The predicted octanol–water partition coefficient (Wildman–Crippen LogP) is 4.56. The van der Waals surface area contributed by atoms with E-state index >= 15 is 0 Å². The zero-order valence-electron chi connectivity index (χ0n) is 15.0. The van der Waals surface area contributed by atoms with Gasteiger partial charge in [0.1, 0.15) is 11.5 Å². The van der Waals surface area contributed by atoms with Crippen LogP contribution in [0, 0.1) is 0 Å². The summed E-state index contributed by atoms with van der Waals surface area (Å²) in [6.07, 6.45) is 1.49. The third-order valence-corrected chi connectivity index (χ3v) is 4.11. The highest BCUT2D eigenvalue weighted by Gasteiger charge is 2.13. The largest absolute Gasteiger partial charge is 0.508 e. The number of rotatable bonds is 6. The SMILES string of the molecule is COc1ccccc1Nc1cc(Cl)ccc1C(=O)N/N=C/c1ccc(O)cc1. The average molecular weight is 396 g/mol. The van der Waals surface area contributed by atoms with Crippen molar-refractivity contribution < 1.29 is 14.6 Å². The van der Waals surface area contributed by atoms with Crippen molar-refractivity contribution in [1.82, 2.24) is 5.43 Å². The van der Waals surface area contributed by atoms with Gasteiger partial charge in [0, 0.05) is 5.02 Å². The van der Waals surface area contributed by atoms with Crippen LogP contribution in [0.5, 0.6) is 11.5 Å². The molecule has 7 heteroatoms. The highest BCUT2D eigenvalue weighted by molar-refractivity contribution is 6.31. The lowest BCUT2D eigenvalue weighted by atomic mass is 10.1. The lowest BCUT2D eigenvalue weighted by molar-refractivity contribution is 0.0956. The van der Waals surface area contributed by atoms with Crippen molar-refractivity contribution >= 4 is 35.1 Å². The van der Waals surface area contributed by atoms with Crippen molar-refractivity contribution in [2.75, 3.05) is 12.4 Å². The number of phenols is 1. The van der Waals surface area contributed by atoms with Crippen molar-refractivity contribution in [1.29, 1.82) is 0 Å². The minimum absolute atomic E-state index is 0.161. The fourth-order valence-corrected chi connectivity index (χ4v) is 2.67. The van der Waals surface area contributed by atoms with Gasteiger partial charge in [-0.15, -0.1) is 0 Å². The van der Waals surface area contributed by atoms with Gasteiger partial charge in [0.25, 0.3) is 5.91 Å². The number of benzene rings is 3. The minimum Gasteiger partial charge on any atom is -0.508 e. The maximum atomic E-state index is 12.6. The van der Waals surface area contributed by atoms with E-state index in [1.165, 1.54) is 18.3 Å². The van der Waals surface area contributed by atoms with Gasteiger partial charge in [-0.1, -0.05) is 23.7 Å². The molecule has 1 amide bonds. The van der Waals surface area contributed by atoms with Gasteiger partial charge < -0.3 is 15.2 Å². The molecule has 0 spiro atoms. The molecule has 0 fully saturated rings. The standard InChI is InChI=1S/C21H18ClN3O3/c1-28-20-5-3-2-4-18(20)24-19-12-15(22)8-11-17(19)21(27)25-23-13-14-6-9-16(26)10-7-14/h2-13,24,26H,1H3,(H,25,27)/b23-13+. The summed E-state index contributed by atoms with van der Waals surface area (Å²) in [6, 6.07) is 18.7. The molecule has 0 atom stereocenters. The smallest absolute Gasteiger partial charge is 0.273 e. The molecule has 0 aliphatic heterocycles. The van der Waals surface area contributed by atoms with Crippen molar-refractivity contribution in [3.63, 3.8) is 0 Å². The van der Waals surface area contributed by atoms with E-state index < -0.39 is 5.91 Å². The summed E-state index contributed by atoms with van der Waals surface area (Å²) in [5, 5.41) is 16.9. The maximum Gasteiger partial charge on any atom is 0.273 e. The number of methoxy groups -OCH3 is 1. The minimum atomic E-state index is -0.399. The van der Waals surface area contributed by atoms with Crippen LogP contribution in [-0.4, -0.2) is 24.3 Å². The topological polar surface area (TPSA) is 83.0 Å². The van der Waals surface area contributed by atoms with E-state index in [4.69, 9.17) is 16.3 Å². The molecule has 0 aromatic heterocycles. The Balaban J connectivity index is 1.79. The summed E-state index contributed by atoms with van der Waals surface area (Å²) in [5.41, 5.74) is 4.83. The molecule has 0 aliphatic rings. The second-order valence-corrected chi connectivity index (χ2v) is 6.24. The van der Waals surface area contributed by atoms with E-state index in [-0.39, 0.29) is 5.75 Å². The number of ether oxygens (including phenoxy) is 1. The van der Waals surface area contributed by atoms with Gasteiger partial charge in [0.15, 0.2) is 0 Å². The number of para-hydroxylation sites is 2. The molecule has 0 aliphatic carbocycles. The highest BCUT2D eigenvalue weighted by atomic mass is 35.5. The molecule has 0 unspecified atom stereocenters. The van der Waals surface area contributed by atoms with Crippen LogP contribution in [0.4, 0.5) is 11.4 Å². The number of anilines is 2. The zero-order valence-corrected chi connectivity index (χ0v) is 15.8. The number of carbonyl (C=O) groups is 1. The normalized spacial score (nSPS) is 10.6. The Hall–Kier alpha value is -3.51. The maximum absolute atomic E-state index is 12.6. The first-order valence-electron chi connectivity index (χ1n) is 8.39. The molecule has 3 rings (SSSR count). The lowest BCUT2D eigenvalue weighted by Crippen LogP contribution is -2.19. The van der Waals surface area contributed by atoms with Crippen LogP contribution in [0.2, 0.25) is 5.02 Å². The molecule has 0 saturated carbocycles. The fourth-order valence-electron chi connectivity index (χ4n) is 2.50. The van der Waals surface area contributed by atoms with Gasteiger partial charge in [0.2, 0.25) is 0 Å². The highest BCUT2D eigenvalue weighted by Crippen LogP contribution is 2.30. The van der Waals surface area contributed by atoms with Gasteiger partial charge in [-0.25, -0.2) is 5.43 Å². The van der Waals surface area contributed by atoms with Crippen LogP contribution in [0.25, 0.3) is 0 Å². The van der Waals surface area contributed by atoms with Crippen molar-refractivity contribution in [3.05, 3.63) is 82.9 Å². The number of hydrogen-bond acceptors (Lipinski definition) is 5. The van der Waals surface area contributed by atoms with Gasteiger partial charge in [-0.2, -0.15) is 5.10 Å². The molecule has 142 valence electrons. The number of phenolic OH excluding ortho intramolecular Hbond substituents is 1. The third-order valence-electron chi connectivity index (χ3n) is 3.88. The van der Waals surface area contributed by atoms with E-state index in [9.17, 15) is 9.90 Å². The van der Waals surface area contributed by atoms with Crippen molar-refractivity contribution in [2.45, 2.75) is 0 Å². The number of amides is 1. The van der Waals surface area contributed by atoms with Gasteiger partial charge in [-0.05, 0) is 60.2 Å². The number of aromatic hydroxyl groups is 1. The summed E-state index contributed by atoms with van der Waals surface area (Å²) in [5.74, 6) is 0.401. The fraction of sp³-hybridized carbons (Fsp3) is 0.0476. The second kappa shape index (κ2) is 8.92. The first-order chi connectivity index (χ1) is 13.6. The molecule has 0 bridgehead atoms. The van der Waals surface area contributed by atoms with Gasteiger partial charge in [-0.3, -0.25) is 4.79 Å². The molecule has 3 N–H and O–H groups in total. The van der Waals surface area contributed by atoms with Crippen LogP contribution in [-0.2, 0) is 0 Å². The first-order valence-corrected chi connectivity index (χ1v) is 8.76. The molecule has 3 aromatic carbocycles. The molecule has 28 heavy (non-hydrogen) atoms. The Morgan fingerprint density at radius 2 is 1.82 bits per heavy atom. The number of hydrogen-bond donors (Lipinski definition) is 3. The molecular formula is C21H18ClN3O3. The van der Waals surface area contributed by atoms with E-state index in [1.807, 2.05) is 24.3 Å². The van der Waals surface area contributed by atoms with Gasteiger partial charge in [0.05, 0.1) is 30.3 Å². The lowest BCUT2D eigenvalue weighted by Gasteiger charge is -2.14. The average Bonchev–Trinajstić information content (AvgIpc) is 2.70. The number of hydrazone groups is 1. The van der Waals surface area contributed by atoms with E-state index in [2.05, 4.69) is 15.8 Å². The van der Waals surface area contributed by atoms with E-state index in [0.29, 0.717) is 27.7 Å². The van der Waals surface area contributed by atoms with Crippen molar-refractivity contribution in [3.8, 4) is 11.5 Å². The molecule has 0 saturated heterocycles. The molecule has 0 radical (unpaired) electrons. The summed E-state index contributed by atoms with van der Waals surface area (Å²) in [7, 11) is 1.57. The number of halogens is 1.